The van der Waals surface area contributed by atoms with E-state index in [0.717, 1.165) is 36.5 Å². The summed E-state index contributed by atoms with van der Waals surface area (Å²) >= 11 is 3.25. The predicted molar refractivity (Wildman–Crippen MR) is 131 cm³/mol. The van der Waals surface area contributed by atoms with Crippen molar-refractivity contribution in [2.45, 2.75) is 64.8 Å². The van der Waals surface area contributed by atoms with Crippen LogP contribution in [0.4, 0.5) is 0 Å². The summed E-state index contributed by atoms with van der Waals surface area (Å²) in [5.74, 6) is 1.05. The monoisotopic (exact) mass is 471 g/mol. The largest absolute Gasteiger partial charge is 0.481 e. The van der Waals surface area contributed by atoms with Crippen LogP contribution in [0.2, 0.25) is 0 Å². The Bertz CT molecular complexity index is 960. The quantitative estimate of drug-likeness (QED) is 0.312. The molecule has 2 aromatic rings. The molecule has 0 unspecified atom stereocenters. The maximum Gasteiger partial charge on any atom is 0.303 e. The van der Waals surface area contributed by atoms with Gasteiger partial charge in [-0.3, -0.25) is 9.59 Å². The fraction of sp³-hybridized carbons (Fsp3) is 0.538. The Kier molecular flexibility index (Phi) is 7.21. The highest BCUT2D eigenvalue weighted by Gasteiger charge is 2.57. The van der Waals surface area contributed by atoms with E-state index in [1.54, 1.807) is 22.7 Å². The average Bonchev–Trinajstić information content (AvgIpc) is 3.43. The normalized spacial score (nSPS) is 26.1. The van der Waals surface area contributed by atoms with Gasteiger partial charge in [-0.25, -0.2) is 0 Å². The standard InChI is InChI=1S/C26H33NO3S2/c1-26(2)20-13-19(7-5-3-4-6-8-23(28)29)24(21(26)14-20)27-25(30)22-12-18(16-32-22)11-17-9-10-31-15-17/h3,5,9-10,12,15-16,19-21,24H,4,6-8,11,13-14H2,1-2H3,(H,27,30)(H,28,29)/b5-3-/t19-,20-,21-,24+/m0/s1. The van der Waals surface area contributed by atoms with Crippen LogP contribution in [-0.2, 0) is 11.2 Å². The van der Waals surface area contributed by atoms with E-state index in [1.165, 1.54) is 17.5 Å². The van der Waals surface area contributed by atoms with E-state index >= 15 is 0 Å². The Morgan fingerprint density at radius 1 is 1.22 bits per heavy atom. The summed E-state index contributed by atoms with van der Waals surface area (Å²) in [6, 6.07) is 4.39. The van der Waals surface area contributed by atoms with Crippen molar-refractivity contribution < 1.29 is 14.7 Å². The van der Waals surface area contributed by atoms with Crippen LogP contribution in [-0.4, -0.2) is 23.0 Å². The van der Waals surface area contributed by atoms with Gasteiger partial charge in [-0.05, 0) is 101 Å². The van der Waals surface area contributed by atoms with E-state index in [2.05, 4.69) is 53.5 Å². The molecule has 4 nitrogen and oxygen atoms in total. The van der Waals surface area contributed by atoms with Crippen molar-refractivity contribution in [1.82, 2.24) is 5.32 Å². The Labute approximate surface area is 198 Å². The molecular weight excluding hydrogens is 438 g/mol. The summed E-state index contributed by atoms with van der Waals surface area (Å²) in [4.78, 5) is 24.6. The molecule has 3 saturated carbocycles. The van der Waals surface area contributed by atoms with Crippen LogP contribution in [0.5, 0.6) is 0 Å². The summed E-state index contributed by atoms with van der Waals surface area (Å²) in [5.41, 5.74) is 2.79. The number of hydrogen-bond acceptors (Lipinski definition) is 4. The lowest BCUT2D eigenvalue weighted by atomic mass is 9.44. The van der Waals surface area contributed by atoms with Crippen molar-refractivity contribution in [1.29, 1.82) is 0 Å². The van der Waals surface area contributed by atoms with Crippen LogP contribution >= 0.6 is 22.7 Å². The molecule has 5 rings (SSSR count). The van der Waals surface area contributed by atoms with Gasteiger partial charge in [-0.1, -0.05) is 26.0 Å². The lowest BCUT2D eigenvalue weighted by molar-refractivity contribution is -0.137. The van der Waals surface area contributed by atoms with Crippen LogP contribution in [0.15, 0.2) is 40.4 Å². The molecule has 2 bridgehead atoms. The number of carboxylic acids is 1. The smallest absolute Gasteiger partial charge is 0.303 e. The van der Waals surface area contributed by atoms with Crippen LogP contribution in [0.1, 0.15) is 73.2 Å². The van der Waals surface area contributed by atoms with Gasteiger partial charge in [0.05, 0.1) is 4.88 Å². The van der Waals surface area contributed by atoms with E-state index in [0.29, 0.717) is 23.7 Å². The molecule has 3 fully saturated rings. The number of carboxylic acid groups (broad SMARTS) is 1. The van der Waals surface area contributed by atoms with Crippen molar-refractivity contribution in [3.05, 3.63) is 56.4 Å². The summed E-state index contributed by atoms with van der Waals surface area (Å²) in [6.07, 6.45) is 10.2. The highest BCUT2D eigenvalue weighted by atomic mass is 32.1. The Balaban J connectivity index is 1.37. The van der Waals surface area contributed by atoms with E-state index < -0.39 is 5.97 Å². The zero-order valence-corrected chi connectivity index (χ0v) is 20.5. The van der Waals surface area contributed by atoms with Crippen molar-refractivity contribution in [3.8, 4) is 0 Å². The molecule has 3 aliphatic carbocycles. The molecule has 1 amide bonds. The van der Waals surface area contributed by atoms with E-state index in [-0.39, 0.29) is 18.4 Å². The first-order valence-electron chi connectivity index (χ1n) is 11.6. The lowest BCUT2D eigenvalue weighted by Crippen LogP contribution is -2.63. The summed E-state index contributed by atoms with van der Waals surface area (Å²) in [7, 11) is 0. The number of thiophene rings is 2. The van der Waals surface area contributed by atoms with Crippen LogP contribution < -0.4 is 5.32 Å². The molecule has 2 heterocycles. The second-order valence-electron chi connectivity index (χ2n) is 9.98. The van der Waals surface area contributed by atoms with Gasteiger partial charge in [-0.2, -0.15) is 11.3 Å². The van der Waals surface area contributed by atoms with Gasteiger partial charge < -0.3 is 10.4 Å². The Morgan fingerprint density at radius 3 is 2.78 bits per heavy atom. The van der Waals surface area contributed by atoms with Crippen LogP contribution in [0.25, 0.3) is 0 Å². The third-order valence-electron chi connectivity index (χ3n) is 7.61. The molecule has 0 aliphatic heterocycles. The van der Waals surface area contributed by atoms with E-state index in [1.807, 2.05) is 6.07 Å². The van der Waals surface area contributed by atoms with Gasteiger partial charge in [0, 0.05) is 12.5 Å². The highest BCUT2D eigenvalue weighted by molar-refractivity contribution is 7.12. The Hall–Kier alpha value is -1.92. The maximum atomic E-state index is 13.2. The van der Waals surface area contributed by atoms with Crippen molar-refractivity contribution in [2.75, 3.05) is 0 Å². The van der Waals surface area contributed by atoms with Crippen molar-refractivity contribution in [3.63, 3.8) is 0 Å². The maximum absolute atomic E-state index is 13.2. The molecule has 0 saturated heterocycles. The minimum atomic E-state index is -0.733. The Morgan fingerprint density at radius 2 is 2.06 bits per heavy atom. The summed E-state index contributed by atoms with van der Waals surface area (Å²) < 4.78 is 0. The first kappa shape index (κ1) is 23.2. The van der Waals surface area contributed by atoms with E-state index in [9.17, 15) is 9.59 Å². The first-order chi connectivity index (χ1) is 15.3. The second kappa shape index (κ2) is 9.92. The zero-order valence-electron chi connectivity index (χ0n) is 18.9. The van der Waals surface area contributed by atoms with Crippen molar-refractivity contribution >= 4 is 34.6 Å². The van der Waals surface area contributed by atoms with E-state index in [4.69, 9.17) is 5.11 Å². The number of unbranched alkanes of at least 4 members (excludes halogenated alkanes) is 1. The van der Waals surface area contributed by atoms with Gasteiger partial charge in [0.25, 0.3) is 5.91 Å². The molecule has 2 aromatic heterocycles. The number of amides is 1. The molecule has 3 aliphatic rings. The molecular formula is C26H33NO3S2. The molecule has 6 heteroatoms. The number of fused-ring (bicyclic) bond motifs is 2. The predicted octanol–water partition coefficient (Wildman–Crippen LogP) is 6.38. The zero-order chi connectivity index (χ0) is 22.7. The fourth-order valence-electron chi connectivity index (χ4n) is 5.57. The third kappa shape index (κ3) is 5.18. The second-order valence-corrected chi connectivity index (χ2v) is 11.7. The number of nitrogens with one attached hydrogen (secondary N) is 1. The molecule has 0 radical (unpaired) electrons. The molecule has 32 heavy (non-hydrogen) atoms. The molecule has 0 spiro atoms. The van der Waals surface area contributed by atoms with Crippen LogP contribution in [0, 0.1) is 23.2 Å². The van der Waals surface area contributed by atoms with Gasteiger partial charge in [0.2, 0.25) is 0 Å². The molecule has 0 aromatic carbocycles. The number of carbonyl (C=O) groups excluding carboxylic acids is 1. The summed E-state index contributed by atoms with van der Waals surface area (Å²) in [5, 5.41) is 18.6. The minimum absolute atomic E-state index is 0.0631. The third-order valence-corrected chi connectivity index (χ3v) is 9.32. The lowest BCUT2D eigenvalue weighted by Gasteiger charge is -2.62. The van der Waals surface area contributed by atoms with Gasteiger partial charge in [0.1, 0.15) is 0 Å². The first-order valence-corrected chi connectivity index (χ1v) is 13.4. The van der Waals surface area contributed by atoms with Crippen LogP contribution in [0.3, 0.4) is 0 Å². The number of aliphatic carboxylic acids is 1. The number of carbonyl (C=O) groups is 2. The van der Waals surface area contributed by atoms with Gasteiger partial charge in [-0.15, -0.1) is 11.3 Å². The average molecular weight is 472 g/mol. The molecule has 172 valence electrons. The van der Waals surface area contributed by atoms with Gasteiger partial charge >= 0.3 is 5.97 Å². The highest BCUT2D eigenvalue weighted by Crippen LogP contribution is 2.61. The molecule has 2 N–H and O–H groups in total. The molecule has 4 atom stereocenters. The minimum Gasteiger partial charge on any atom is -0.481 e. The summed E-state index contributed by atoms with van der Waals surface area (Å²) in [6.45, 7) is 4.71. The topological polar surface area (TPSA) is 66.4 Å². The van der Waals surface area contributed by atoms with Crippen molar-refractivity contribution in [2.24, 2.45) is 23.2 Å². The van der Waals surface area contributed by atoms with Gasteiger partial charge in [0.15, 0.2) is 0 Å². The number of allylic oxidation sites excluding steroid dienone is 2. The SMILES string of the molecule is CC1(C)[C@H]2C[C@H](C/C=C\CCCC(=O)O)[C@@H](NC(=O)c3cc(Cc4ccsc4)cs3)[C@@H]1C2. The number of rotatable bonds is 10. The fourth-order valence-corrected chi connectivity index (χ4v) is 7.05. The number of hydrogen-bond donors (Lipinski definition) is 2.